The van der Waals surface area contributed by atoms with Crippen molar-refractivity contribution in [1.82, 2.24) is 0 Å². The summed E-state index contributed by atoms with van der Waals surface area (Å²) >= 11 is 0. The zero-order valence-corrected chi connectivity index (χ0v) is 14.7. The van der Waals surface area contributed by atoms with Crippen molar-refractivity contribution in [1.29, 1.82) is 0 Å². The van der Waals surface area contributed by atoms with Gasteiger partial charge in [0, 0.05) is 6.07 Å². The van der Waals surface area contributed by atoms with E-state index >= 15 is 0 Å². The third-order valence-electron chi connectivity index (χ3n) is 4.13. The van der Waals surface area contributed by atoms with Crippen molar-refractivity contribution < 1.29 is 4.92 Å². The first-order valence-electron chi connectivity index (χ1n) is 7.91. The molecule has 0 heterocycles. The van der Waals surface area contributed by atoms with E-state index in [1.165, 1.54) is 0 Å². The fourth-order valence-electron chi connectivity index (χ4n) is 2.63. The number of nitrogens with zero attached hydrogens (tertiary/aromatic N) is 2. The van der Waals surface area contributed by atoms with Crippen LogP contribution in [0.1, 0.15) is 50.3 Å². The Balaban J connectivity index is 2.75. The molecule has 0 saturated heterocycles. The average Bonchev–Trinajstić information content (AvgIpc) is 2.78. The molecule has 0 aromatic carbocycles. The molecule has 0 radical (unpaired) electrons. The minimum Gasteiger partial charge on any atom is -0.258 e. The molecule has 0 spiro atoms. The molecule has 0 N–H and O–H groups in total. The van der Waals surface area contributed by atoms with Gasteiger partial charge in [0.25, 0.3) is 5.69 Å². The van der Waals surface area contributed by atoms with Crippen molar-refractivity contribution in [2.45, 2.75) is 46.1 Å². The average molecular weight is 326 g/mol. The Kier molecular flexibility index (Phi) is 4.83. The van der Waals surface area contributed by atoms with Crippen LogP contribution in [0.4, 0.5) is 5.69 Å². The van der Waals surface area contributed by atoms with Crippen molar-refractivity contribution in [3.8, 4) is 11.1 Å². The second kappa shape index (κ2) is 6.51. The summed E-state index contributed by atoms with van der Waals surface area (Å²) in [5, 5.41) is 14.5. The maximum Gasteiger partial charge on any atom is 0.278 e. The Bertz CT molecular complexity index is 792. The van der Waals surface area contributed by atoms with Crippen molar-refractivity contribution in [2.24, 2.45) is 5.18 Å². The normalized spacial score (nSPS) is 12.2. The second-order valence-corrected chi connectivity index (χ2v) is 6.92. The first-order valence-corrected chi connectivity index (χ1v) is 7.91. The lowest BCUT2D eigenvalue weighted by Crippen LogP contribution is -2.10. The fourth-order valence-corrected chi connectivity index (χ4v) is 2.63. The molecule has 2 aliphatic carbocycles. The first kappa shape index (κ1) is 17.8. The summed E-state index contributed by atoms with van der Waals surface area (Å²) in [5.74, 6) is 0.305. The lowest BCUT2D eigenvalue weighted by Gasteiger charge is -2.08. The van der Waals surface area contributed by atoms with Gasteiger partial charge >= 0.3 is 0 Å². The van der Waals surface area contributed by atoms with E-state index in [4.69, 9.17) is 0 Å². The van der Waals surface area contributed by atoms with Crippen LogP contribution >= 0.6 is 0 Å². The second-order valence-electron chi connectivity index (χ2n) is 6.92. The summed E-state index contributed by atoms with van der Waals surface area (Å²) in [6, 6.07) is 7.50. The summed E-state index contributed by atoms with van der Waals surface area (Å²) < 4.78 is 0. The van der Waals surface area contributed by atoms with Gasteiger partial charge in [-0.3, -0.25) is 10.1 Å². The van der Waals surface area contributed by atoms with E-state index in [9.17, 15) is 15.0 Å². The Labute approximate surface area is 141 Å². The minimum atomic E-state index is -0.856. The predicted molar refractivity (Wildman–Crippen MR) is 97.5 cm³/mol. The van der Waals surface area contributed by atoms with Gasteiger partial charge in [0.1, 0.15) is 5.54 Å². The summed E-state index contributed by atoms with van der Waals surface area (Å²) in [4.78, 5) is 22.0. The highest BCUT2D eigenvalue weighted by Gasteiger charge is 2.25. The Morgan fingerprint density at radius 1 is 1.25 bits per heavy atom. The zero-order chi connectivity index (χ0) is 18.1. The maximum atomic E-state index is 11.5. The molecule has 0 aliphatic heterocycles. The Morgan fingerprint density at radius 3 is 2.46 bits per heavy atom. The lowest BCUT2D eigenvalue weighted by atomic mass is 9.99. The number of nitroso groups, excluding NO2 is 1. The topological polar surface area (TPSA) is 72.6 Å². The molecule has 0 aromatic rings. The number of fused-ring (bicyclic) bond motifs is 1. The van der Waals surface area contributed by atoms with E-state index in [2.05, 4.69) is 19.0 Å². The van der Waals surface area contributed by atoms with Gasteiger partial charge in [-0.2, -0.15) is 0 Å². The molecular weight excluding hydrogens is 304 g/mol. The highest BCUT2D eigenvalue weighted by Crippen LogP contribution is 2.41. The summed E-state index contributed by atoms with van der Waals surface area (Å²) in [6.45, 7) is 9.44. The van der Waals surface area contributed by atoms with Crippen LogP contribution in [-0.2, 0) is 0 Å². The Morgan fingerprint density at radius 2 is 1.92 bits per heavy atom. The molecule has 2 aliphatic rings. The van der Waals surface area contributed by atoms with Gasteiger partial charge in [0.2, 0.25) is 0 Å². The molecule has 2 rings (SSSR count). The van der Waals surface area contributed by atoms with Crippen molar-refractivity contribution in [2.75, 3.05) is 0 Å². The van der Waals surface area contributed by atoms with Crippen LogP contribution in [0.5, 0.6) is 0 Å². The van der Waals surface area contributed by atoms with Gasteiger partial charge in [-0.05, 0) is 48.9 Å². The van der Waals surface area contributed by atoms with Crippen LogP contribution in [0.15, 0.2) is 35.5 Å². The van der Waals surface area contributed by atoms with E-state index in [-0.39, 0.29) is 10.6 Å². The molecule has 126 valence electrons. The largest absolute Gasteiger partial charge is 0.278 e. The highest BCUT2D eigenvalue weighted by atomic mass is 16.6. The molecule has 0 unspecified atom stereocenters. The molecule has 0 aromatic heterocycles. The standard InChI is InChI=1S/C19H22N2O3/c1-12(2)14-7-6-13(3)18-16(10-14)15(11-17(18)21(23)24)8-9-19(4,5)20-22/h6-12H,1-5H3. The van der Waals surface area contributed by atoms with Crippen LogP contribution in [-0.4, -0.2) is 10.5 Å². The quantitative estimate of drug-likeness (QED) is 0.402. The summed E-state index contributed by atoms with van der Waals surface area (Å²) in [5.41, 5.74) is 3.39. The summed E-state index contributed by atoms with van der Waals surface area (Å²) in [6.07, 6.45) is 3.43. The summed E-state index contributed by atoms with van der Waals surface area (Å²) in [7, 11) is 0. The predicted octanol–water partition coefficient (Wildman–Crippen LogP) is 5.69. The van der Waals surface area contributed by atoms with E-state index in [0.717, 1.165) is 22.3 Å². The first-order chi connectivity index (χ1) is 11.2. The number of aryl methyl sites for hydroxylation is 1. The maximum absolute atomic E-state index is 11.5. The minimum absolute atomic E-state index is 0.0879. The van der Waals surface area contributed by atoms with Crippen LogP contribution in [0.25, 0.3) is 17.2 Å². The highest BCUT2D eigenvalue weighted by molar-refractivity contribution is 5.88. The van der Waals surface area contributed by atoms with Gasteiger partial charge in [0.05, 0.1) is 10.5 Å². The molecule has 24 heavy (non-hydrogen) atoms. The van der Waals surface area contributed by atoms with E-state index < -0.39 is 5.54 Å². The fraction of sp³-hybridized carbons (Fsp3) is 0.368. The number of hydrogen-bond acceptors (Lipinski definition) is 4. The lowest BCUT2D eigenvalue weighted by molar-refractivity contribution is -0.383. The van der Waals surface area contributed by atoms with E-state index in [1.807, 2.05) is 25.1 Å². The molecule has 5 heteroatoms. The molecule has 0 atom stereocenters. The van der Waals surface area contributed by atoms with Crippen LogP contribution in [0, 0.1) is 21.9 Å². The Hall–Kier alpha value is -2.56. The van der Waals surface area contributed by atoms with Gasteiger partial charge in [-0.25, -0.2) is 0 Å². The number of nitro groups is 1. The SMILES string of the molecule is Cc1ccc(C(C)C)cc2c(C=CC(C)(C)N=O)cc([N+](=O)[O-])c1-2. The van der Waals surface area contributed by atoms with Crippen LogP contribution in [0.3, 0.4) is 0 Å². The molecule has 0 fully saturated rings. The van der Waals surface area contributed by atoms with Gasteiger partial charge in [-0.15, -0.1) is 4.91 Å². The van der Waals surface area contributed by atoms with Gasteiger partial charge in [0.15, 0.2) is 0 Å². The third-order valence-corrected chi connectivity index (χ3v) is 4.13. The van der Waals surface area contributed by atoms with Crippen molar-refractivity contribution >= 4 is 11.8 Å². The molecule has 0 bridgehead atoms. The molecule has 0 amide bonds. The molecule has 5 nitrogen and oxygen atoms in total. The third kappa shape index (κ3) is 3.50. The van der Waals surface area contributed by atoms with E-state index in [1.54, 1.807) is 32.1 Å². The van der Waals surface area contributed by atoms with Crippen LogP contribution < -0.4 is 0 Å². The number of rotatable bonds is 5. The van der Waals surface area contributed by atoms with Crippen LogP contribution in [0.2, 0.25) is 0 Å². The van der Waals surface area contributed by atoms with Crippen molar-refractivity contribution in [3.63, 3.8) is 0 Å². The zero-order valence-electron chi connectivity index (χ0n) is 14.7. The van der Waals surface area contributed by atoms with Crippen molar-refractivity contribution in [3.05, 3.63) is 62.1 Å². The van der Waals surface area contributed by atoms with Gasteiger partial charge in [-0.1, -0.05) is 49.4 Å². The van der Waals surface area contributed by atoms with Gasteiger partial charge < -0.3 is 0 Å². The number of hydrogen-bond donors (Lipinski definition) is 0. The monoisotopic (exact) mass is 326 g/mol. The molecular formula is C19H22N2O3. The molecule has 0 saturated carbocycles. The van der Waals surface area contributed by atoms with E-state index in [0.29, 0.717) is 11.5 Å². The smallest absolute Gasteiger partial charge is 0.258 e.